The number of sulfonamides is 1. The lowest BCUT2D eigenvalue weighted by molar-refractivity contribution is 0.468. The van der Waals surface area contributed by atoms with E-state index >= 15 is 0 Å². The number of hydrogen-bond donors (Lipinski definition) is 1. The standard InChI is InChI=1S/C22H27N7O2S/c1-27-15-22(25-16-27)32(30,31)29-13-18(17-7-3-2-4-8-17)19(14-29)26-20-11-24-21(12-23-20)28-9-5-6-10-28/h2-4,7-8,11-12,15-16,18-19H,5-6,9-10,13-14H2,1H3,(H,23,26)/t18-,19+/m1/s1. The number of benzene rings is 1. The fourth-order valence-electron chi connectivity index (χ4n) is 4.50. The van der Waals surface area contributed by atoms with Crippen LogP contribution in [0.15, 0.2) is 60.3 Å². The Morgan fingerprint density at radius 3 is 2.44 bits per heavy atom. The Labute approximate surface area is 188 Å². The molecule has 0 amide bonds. The molecule has 168 valence electrons. The summed E-state index contributed by atoms with van der Waals surface area (Å²) in [5.74, 6) is 1.52. The summed E-state index contributed by atoms with van der Waals surface area (Å²) in [6, 6.07) is 9.87. The van der Waals surface area contributed by atoms with E-state index in [0.717, 1.165) is 24.5 Å². The Kier molecular flexibility index (Phi) is 5.56. The summed E-state index contributed by atoms with van der Waals surface area (Å²) in [5.41, 5.74) is 1.09. The van der Waals surface area contributed by atoms with Crippen molar-refractivity contribution in [3.8, 4) is 0 Å². The van der Waals surface area contributed by atoms with E-state index in [2.05, 4.69) is 25.2 Å². The maximum atomic E-state index is 13.2. The van der Waals surface area contributed by atoms with E-state index in [9.17, 15) is 8.42 Å². The average Bonchev–Trinajstić information content (AvgIpc) is 3.56. The van der Waals surface area contributed by atoms with Gasteiger partial charge in [0.15, 0.2) is 5.03 Å². The molecule has 0 radical (unpaired) electrons. The van der Waals surface area contributed by atoms with Crippen molar-refractivity contribution in [2.45, 2.75) is 29.8 Å². The molecule has 0 bridgehead atoms. The van der Waals surface area contributed by atoms with Crippen molar-refractivity contribution >= 4 is 21.7 Å². The molecule has 2 aliphatic heterocycles. The highest BCUT2D eigenvalue weighted by atomic mass is 32.2. The Balaban J connectivity index is 1.39. The maximum absolute atomic E-state index is 13.2. The number of aromatic nitrogens is 4. The van der Waals surface area contributed by atoms with Crippen LogP contribution in [0.4, 0.5) is 11.6 Å². The largest absolute Gasteiger partial charge is 0.364 e. The summed E-state index contributed by atoms with van der Waals surface area (Å²) in [5, 5.41) is 3.51. The molecule has 1 N–H and O–H groups in total. The highest BCUT2D eigenvalue weighted by molar-refractivity contribution is 7.89. The fraction of sp³-hybridized carbons (Fsp3) is 0.409. The van der Waals surface area contributed by atoms with Gasteiger partial charge in [0.1, 0.15) is 11.6 Å². The molecule has 2 fully saturated rings. The molecule has 5 rings (SSSR count). The summed E-state index contributed by atoms with van der Waals surface area (Å²) in [4.78, 5) is 15.4. The van der Waals surface area contributed by atoms with Gasteiger partial charge in [-0.2, -0.15) is 4.31 Å². The Morgan fingerprint density at radius 2 is 1.78 bits per heavy atom. The molecule has 0 aliphatic carbocycles. The smallest absolute Gasteiger partial charge is 0.262 e. The summed E-state index contributed by atoms with van der Waals surface area (Å²) >= 11 is 0. The zero-order valence-corrected chi connectivity index (χ0v) is 18.8. The summed E-state index contributed by atoms with van der Waals surface area (Å²) in [6.45, 7) is 2.73. The van der Waals surface area contributed by atoms with Gasteiger partial charge >= 0.3 is 0 Å². The van der Waals surface area contributed by atoms with Crippen molar-refractivity contribution in [3.05, 3.63) is 60.8 Å². The third-order valence-corrected chi connectivity index (χ3v) is 7.92. The molecular weight excluding hydrogens is 426 g/mol. The van der Waals surface area contributed by atoms with Crippen molar-refractivity contribution in [1.29, 1.82) is 0 Å². The van der Waals surface area contributed by atoms with Gasteiger partial charge in [-0.05, 0) is 18.4 Å². The van der Waals surface area contributed by atoms with E-state index in [-0.39, 0.29) is 17.0 Å². The van der Waals surface area contributed by atoms with Crippen molar-refractivity contribution in [1.82, 2.24) is 23.8 Å². The van der Waals surface area contributed by atoms with Crippen LogP contribution in [-0.4, -0.2) is 64.5 Å². The molecule has 2 aliphatic rings. The molecule has 2 saturated heterocycles. The summed E-state index contributed by atoms with van der Waals surface area (Å²) in [7, 11) is -1.92. The summed E-state index contributed by atoms with van der Waals surface area (Å²) < 4.78 is 29.6. The highest BCUT2D eigenvalue weighted by Gasteiger charge is 2.41. The van der Waals surface area contributed by atoms with Crippen LogP contribution >= 0.6 is 0 Å². The molecule has 2 aromatic heterocycles. The zero-order valence-electron chi connectivity index (χ0n) is 18.0. The molecule has 0 spiro atoms. The van der Waals surface area contributed by atoms with Crippen molar-refractivity contribution in [2.24, 2.45) is 7.05 Å². The molecule has 3 aromatic rings. The number of aryl methyl sites for hydroxylation is 1. The van der Waals surface area contributed by atoms with Crippen LogP contribution < -0.4 is 10.2 Å². The lowest BCUT2D eigenvalue weighted by Crippen LogP contribution is -2.32. The molecule has 9 nitrogen and oxygen atoms in total. The highest BCUT2D eigenvalue weighted by Crippen LogP contribution is 2.33. The number of hydrogen-bond acceptors (Lipinski definition) is 7. The SMILES string of the molecule is Cn1cnc(S(=O)(=O)N2C[C@H](Nc3cnc(N4CCCC4)cn3)[C@@H](c3ccccc3)C2)c1. The molecule has 32 heavy (non-hydrogen) atoms. The molecule has 0 unspecified atom stereocenters. The van der Waals surface area contributed by atoms with Crippen LogP contribution in [0.1, 0.15) is 24.3 Å². The number of anilines is 2. The first kappa shape index (κ1) is 20.9. The van der Waals surface area contributed by atoms with Gasteiger partial charge in [0.25, 0.3) is 10.0 Å². The normalized spacial score (nSPS) is 21.8. The predicted octanol–water partition coefficient (Wildman–Crippen LogP) is 2.08. The average molecular weight is 454 g/mol. The van der Waals surface area contributed by atoms with Gasteiger partial charge < -0.3 is 14.8 Å². The lowest BCUT2D eigenvalue weighted by atomic mass is 9.94. The van der Waals surface area contributed by atoms with Gasteiger partial charge in [-0.25, -0.2) is 23.4 Å². The third kappa shape index (κ3) is 4.07. The van der Waals surface area contributed by atoms with Crippen LogP contribution in [0, 0.1) is 0 Å². The van der Waals surface area contributed by atoms with Crippen LogP contribution in [0.25, 0.3) is 0 Å². The Hall–Kier alpha value is -2.98. The second-order valence-electron chi connectivity index (χ2n) is 8.42. The Bertz CT molecular complexity index is 1160. The van der Waals surface area contributed by atoms with E-state index in [1.165, 1.54) is 29.7 Å². The molecule has 10 heteroatoms. The van der Waals surface area contributed by atoms with Gasteiger partial charge in [-0.3, -0.25) is 0 Å². The number of nitrogens with zero attached hydrogens (tertiary/aromatic N) is 6. The van der Waals surface area contributed by atoms with Crippen molar-refractivity contribution in [3.63, 3.8) is 0 Å². The minimum absolute atomic E-state index is 0.0188. The van der Waals surface area contributed by atoms with Crippen molar-refractivity contribution < 1.29 is 8.42 Å². The quantitative estimate of drug-likeness (QED) is 0.610. The van der Waals surface area contributed by atoms with Crippen LogP contribution in [0.2, 0.25) is 0 Å². The fourth-order valence-corrected chi connectivity index (χ4v) is 5.96. The number of imidazole rings is 1. The van der Waals surface area contributed by atoms with Gasteiger partial charge in [0.2, 0.25) is 0 Å². The first-order chi connectivity index (χ1) is 15.5. The first-order valence-electron chi connectivity index (χ1n) is 10.9. The van der Waals surface area contributed by atoms with Crippen LogP contribution in [0.3, 0.4) is 0 Å². The van der Waals surface area contributed by atoms with Crippen LogP contribution in [-0.2, 0) is 17.1 Å². The first-order valence-corrected chi connectivity index (χ1v) is 12.3. The third-order valence-electron chi connectivity index (χ3n) is 6.20. The predicted molar refractivity (Wildman–Crippen MR) is 122 cm³/mol. The summed E-state index contributed by atoms with van der Waals surface area (Å²) in [6.07, 6.45) is 8.95. The van der Waals surface area contributed by atoms with E-state index in [1.54, 1.807) is 24.0 Å². The second kappa shape index (κ2) is 8.51. The van der Waals surface area contributed by atoms with E-state index in [1.807, 2.05) is 30.3 Å². The molecular formula is C22H27N7O2S. The monoisotopic (exact) mass is 453 g/mol. The topological polar surface area (TPSA) is 96.2 Å². The van der Waals surface area contributed by atoms with Gasteiger partial charge in [-0.1, -0.05) is 30.3 Å². The molecule has 1 aromatic carbocycles. The Morgan fingerprint density at radius 1 is 1.00 bits per heavy atom. The minimum atomic E-state index is -3.68. The van der Waals surface area contributed by atoms with Gasteiger partial charge in [0, 0.05) is 51.4 Å². The van der Waals surface area contributed by atoms with Crippen LogP contribution in [0.5, 0.6) is 0 Å². The molecule has 2 atom stereocenters. The molecule has 4 heterocycles. The minimum Gasteiger partial charge on any atom is -0.364 e. The maximum Gasteiger partial charge on any atom is 0.262 e. The molecule has 0 saturated carbocycles. The van der Waals surface area contributed by atoms with Crippen molar-refractivity contribution in [2.75, 3.05) is 36.4 Å². The zero-order chi connectivity index (χ0) is 22.1. The van der Waals surface area contributed by atoms with E-state index in [0.29, 0.717) is 18.9 Å². The van der Waals surface area contributed by atoms with E-state index in [4.69, 9.17) is 0 Å². The number of rotatable bonds is 6. The van der Waals surface area contributed by atoms with E-state index < -0.39 is 10.0 Å². The second-order valence-corrected chi connectivity index (χ2v) is 10.3. The van der Waals surface area contributed by atoms with Gasteiger partial charge in [-0.15, -0.1) is 0 Å². The van der Waals surface area contributed by atoms with Gasteiger partial charge in [0.05, 0.1) is 18.7 Å². The number of nitrogens with one attached hydrogen (secondary N) is 1. The lowest BCUT2D eigenvalue weighted by Gasteiger charge is -2.21.